The third-order valence-electron chi connectivity index (χ3n) is 4.57. The Labute approximate surface area is 209 Å². The van der Waals surface area contributed by atoms with E-state index in [1.165, 1.54) is 32.1 Å². The molecular formula is C26H43FN4O4. The number of allylic oxidation sites excluding steroid dienone is 3. The predicted octanol–water partition coefficient (Wildman–Crippen LogP) is 4.65. The largest absolute Gasteiger partial charge is 0.497 e. The number of anilines is 2. The molecule has 0 aliphatic carbocycles. The first-order valence-electron chi connectivity index (χ1n) is 11.6. The smallest absolute Gasteiger partial charge is 0.271 e. The van der Waals surface area contributed by atoms with Gasteiger partial charge >= 0.3 is 0 Å². The molecule has 1 amide bonds. The van der Waals surface area contributed by atoms with E-state index < -0.39 is 11.7 Å². The number of methoxy groups -OCH3 is 1. The van der Waals surface area contributed by atoms with Gasteiger partial charge in [-0.2, -0.15) is 0 Å². The monoisotopic (exact) mass is 494 g/mol. The van der Waals surface area contributed by atoms with E-state index in [9.17, 15) is 9.18 Å². The first-order valence-corrected chi connectivity index (χ1v) is 11.6. The van der Waals surface area contributed by atoms with Crippen LogP contribution in [0.2, 0.25) is 0 Å². The highest BCUT2D eigenvalue weighted by Gasteiger charge is 2.14. The number of amides is 1. The number of nitrogen functional groups attached to an aromatic ring is 1. The number of ether oxygens (including phenoxy) is 1. The Morgan fingerprint density at radius 3 is 2.20 bits per heavy atom. The zero-order valence-corrected chi connectivity index (χ0v) is 21.5. The summed E-state index contributed by atoms with van der Waals surface area (Å²) in [7, 11) is 1.47. The van der Waals surface area contributed by atoms with Gasteiger partial charge in [0.2, 0.25) is 0 Å². The van der Waals surface area contributed by atoms with E-state index in [1.807, 2.05) is 6.92 Å². The van der Waals surface area contributed by atoms with E-state index in [0.717, 1.165) is 25.1 Å². The summed E-state index contributed by atoms with van der Waals surface area (Å²) in [5.41, 5.74) is 13.0. The molecule has 0 aliphatic rings. The Hall–Kier alpha value is -3.17. The van der Waals surface area contributed by atoms with Crippen molar-refractivity contribution in [2.45, 2.75) is 59.3 Å². The van der Waals surface area contributed by atoms with Gasteiger partial charge in [0, 0.05) is 25.1 Å². The molecule has 0 aromatic heterocycles. The number of rotatable bonds is 12. The summed E-state index contributed by atoms with van der Waals surface area (Å²) in [5, 5.41) is 26.0. The van der Waals surface area contributed by atoms with Crippen molar-refractivity contribution in [1.29, 1.82) is 5.41 Å². The molecule has 1 aromatic carbocycles. The Bertz CT molecular complexity index is 833. The highest BCUT2D eigenvalue weighted by Crippen LogP contribution is 2.20. The van der Waals surface area contributed by atoms with Gasteiger partial charge in [-0.15, -0.1) is 0 Å². The van der Waals surface area contributed by atoms with Crippen LogP contribution in [0.5, 0.6) is 0 Å². The number of benzene rings is 1. The molecule has 0 radical (unpaired) electrons. The van der Waals surface area contributed by atoms with Gasteiger partial charge in [-0.25, -0.2) is 4.39 Å². The molecule has 0 bridgehead atoms. The van der Waals surface area contributed by atoms with E-state index in [-0.39, 0.29) is 31.0 Å². The SMILES string of the molecule is C=C(/C=C(\C=N)C/C(CC)=C(/N)C(=O)Nc1cc(N)ccc1F)OC.CCCC.OCCCCO. The lowest BCUT2D eigenvalue weighted by molar-refractivity contribution is -0.113. The maximum absolute atomic E-state index is 13.7. The number of hydrogen-bond acceptors (Lipinski definition) is 7. The fourth-order valence-corrected chi connectivity index (χ4v) is 2.28. The lowest BCUT2D eigenvalue weighted by atomic mass is 10.0. The van der Waals surface area contributed by atoms with Gasteiger partial charge in [0.25, 0.3) is 5.91 Å². The second-order valence-corrected chi connectivity index (χ2v) is 7.43. The minimum Gasteiger partial charge on any atom is -0.497 e. The summed E-state index contributed by atoms with van der Waals surface area (Å²) in [6.07, 6.45) is 7.57. The number of aliphatic hydroxyl groups excluding tert-OH is 2. The fraction of sp³-hybridized carbons (Fsp3) is 0.462. The number of carbonyl (C=O) groups excluding carboxylic acids is 1. The van der Waals surface area contributed by atoms with Crippen LogP contribution in [0.4, 0.5) is 15.8 Å². The topological polar surface area (TPSA) is 155 Å². The Morgan fingerprint density at radius 2 is 1.77 bits per heavy atom. The van der Waals surface area contributed by atoms with E-state index in [2.05, 4.69) is 25.7 Å². The molecule has 35 heavy (non-hydrogen) atoms. The van der Waals surface area contributed by atoms with Gasteiger partial charge in [0.05, 0.1) is 18.5 Å². The number of hydrogen-bond donors (Lipinski definition) is 6. The molecule has 198 valence electrons. The Morgan fingerprint density at radius 1 is 1.20 bits per heavy atom. The molecule has 8 nitrogen and oxygen atoms in total. The summed E-state index contributed by atoms with van der Waals surface area (Å²) >= 11 is 0. The van der Waals surface area contributed by atoms with Crippen LogP contribution in [-0.2, 0) is 9.53 Å². The zero-order valence-electron chi connectivity index (χ0n) is 21.5. The van der Waals surface area contributed by atoms with Crippen molar-refractivity contribution in [2.24, 2.45) is 5.73 Å². The molecule has 0 saturated heterocycles. The maximum Gasteiger partial charge on any atom is 0.271 e. The number of aliphatic hydroxyl groups is 2. The standard InChI is InChI=1S/C18H23FN4O2.C4H10O2.C4H10/c1-4-13(8-12(10-20)7-11(2)25-3)17(22)18(24)23-16-9-14(21)5-6-15(16)19;5-3-1-2-4-6;1-3-4-2/h5-7,9-10,20H,2,4,8,21-22H2,1,3H3,(H,23,24);5-6H,1-4H2;3-4H2,1-2H3/b12-7-,17-13+,20-10?;;. The van der Waals surface area contributed by atoms with Crippen LogP contribution in [0.3, 0.4) is 0 Å². The van der Waals surface area contributed by atoms with E-state index in [1.54, 1.807) is 6.08 Å². The molecule has 0 unspecified atom stereocenters. The average molecular weight is 495 g/mol. The highest BCUT2D eigenvalue weighted by molar-refractivity contribution is 6.04. The summed E-state index contributed by atoms with van der Waals surface area (Å²) < 4.78 is 18.7. The molecule has 0 spiro atoms. The summed E-state index contributed by atoms with van der Waals surface area (Å²) in [6.45, 7) is 10.3. The van der Waals surface area contributed by atoms with Crippen molar-refractivity contribution < 1.29 is 24.1 Å². The average Bonchev–Trinajstić information content (AvgIpc) is 2.87. The van der Waals surface area contributed by atoms with Crippen LogP contribution in [0, 0.1) is 11.2 Å². The van der Waals surface area contributed by atoms with Crippen molar-refractivity contribution in [3.05, 3.63) is 59.3 Å². The quantitative estimate of drug-likeness (QED) is 0.0620. The molecule has 8 N–H and O–H groups in total. The third kappa shape index (κ3) is 16.2. The summed E-state index contributed by atoms with van der Waals surface area (Å²) in [6, 6.07) is 3.88. The predicted molar refractivity (Wildman–Crippen MR) is 143 cm³/mol. The van der Waals surface area contributed by atoms with Crippen LogP contribution < -0.4 is 16.8 Å². The van der Waals surface area contributed by atoms with Gasteiger partial charge in [0.1, 0.15) is 11.6 Å². The molecule has 0 saturated carbocycles. The van der Waals surface area contributed by atoms with Crippen LogP contribution in [0.15, 0.2) is 53.5 Å². The van der Waals surface area contributed by atoms with Crippen LogP contribution in [0.25, 0.3) is 0 Å². The van der Waals surface area contributed by atoms with Crippen molar-refractivity contribution in [2.75, 3.05) is 31.4 Å². The Kier molecular flexibility index (Phi) is 20.8. The van der Waals surface area contributed by atoms with E-state index in [0.29, 0.717) is 29.0 Å². The number of nitrogens with one attached hydrogen (secondary N) is 2. The van der Waals surface area contributed by atoms with Gasteiger partial charge in [-0.3, -0.25) is 4.79 Å². The number of carbonyl (C=O) groups is 1. The van der Waals surface area contributed by atoms with Crippen molar-refractivity contribution in [3.8, 4) is 0 Å². The van der Waals surface area contributed by atoms with E-state index in [4.69, 9.17) is 31.8 Å². The van der Waals surface area contributed by atoms with E-state index >= 15 is 0 Å². The minimum absolute atomic E-state index is 0.0277. The highest BCUT2D eigenvalue weighted by atomic mass is 19.1. The molecule has 0 fully saturated rings. The first-order chi connectivity index (χ1) is 16.6. The van der Waals surface area contributed by atoms with Gasteiger partial charge in [0.15, 0.2) is 0 Å². The normalized spacial score (nSPS) is 11.1. The van der Waals surface area contributed by atoms with Gasteiger partial charge in [-0.1, -0.05) is 40.2 Å². The van der Waals surface area contributed by atoms with Crippen LogP contribution in [0.1, 0.15) is 59.3 Å². The number of nitrogens with two attached hydrogens (primary N) is 2. The number of halogens is 1. The first kappa shape index (κ1) is 34.0. The fourth-order valence-electron chi connectivity index (χ4n) is 2.28. The van der Waals surface area contributed by atoms with Gasteiger partial charge in [-0.05, 0) is 61.1 Å². The van der Waals surface area contributed by atoms with Crippen LogP contribution >= 0.6 is 0 Å². The molecule has 0 aliphatic heterocycles. The van der Waals surface area contributed by atoms with Gasteiger partial charge < -0.3 is 37.1 Å². The molecule has 1 rings (SSSR count). The van der Waals surface area contributed by atoms with Crippen molar-refractivity contribution >= 4 is 23.5 Å². The molecular weight excluding hydrogens is 451 g/mol. The van der Waals surface area contributed by atoms with Crippen LogP contribution in [-0.4, -0.2) is 42.7 Å². The van der Waals surface area contributed by atoms with Crippen molar-refractivity contribution in [3.63, 3.8) is 0 Å². The summed E-state index contributed by atoms with van der Waals surface area (Å²) in [5.74, 6) is -0.847. The second kappa shape index (κ2) is 21.4. The zero-order chi connectivity index (χ0) is 27.2. The maximum atomic E-state index is 13.7. The summed E-state index contributed by atoms with van der Waals surface area (Å²) in [4.78, 5) is 12.3. The minimum atomic E-state index is -0.628. The lowest BCUT2D eigenvalue weighted by Crippen LogP contribution is -2.23. The molecule has 9 heteroatoms. The van der Waals surface area contributed by atoms with Crippen molar-refractivity contribution in [1.82, 2.24) is 0 Å². The molecule has 0 heterocycles. The number of unbranched alkanes of at least 4 members (excludes halogenated alkanes) is 2. The second-order valence-electron chi connectivity index (χ2n) is 7.43. The lowest BCUT2D eigenvalue weighted by Gasteiger charge is -2.12. The molecule has 0 atom stereocenters. The Balaban J connectivity index is 0. The molecule has 1 aromatic rings. The third-order valence-corrected chi connectivity index (χ3v) is 4.57.